The second kappa shape index (κ2) is 23.4. The van der Waals surface area contributed by atoms with E-state index in [-0.39, 0.29) is 17.8 Å². The van der Waals surface area contributed by atoms with Gasteiger partial charge in [0.2, 0.25) is 17.8 Å². The summed E-state index contributed by atoms with van der Waals surface area (Å²) in [5, 5.41) is 16.4. The number of aliphatic imine (C=N–C) groups is 1. The van der Waals surface area contributed by atoms with Crippen LogP contribution in [0, 0.1) is 0 Å². The van der Waals surface area contributed by atoms with E-state index in [2.05, 4.69) is 36.9 Å². The Morgan fingerprint density at radius 1 is 0.500 bits per heavy atom. The quantitative estimate of drug-likeness (QED) is 0.0406. The Labute approximate surface area is 286 Å². The number of guanidine groups is 1. The lowest BCUT2D eigenvalue weighted by atomic mass is 10.2. The van der Waals surface area contributed by atoms with Gasteiger partial charge in [0.05, 0.1) is 0 Å². The number of amides is 5. The van der Waals surface area contributed by atoms with E-state index in [4.69, 9.17) is 14.2 Å². The number of hydrogen-bond acceptors (Lipinski definition) is 10. The first kappa shape index (κ1) is 44.1. The van der Waals surface area contributed by atoms with Crippen LogP contribution < -0.4 is 31.9 Å². The normalized spacial score (nSPS) is 11.7. The molecular formula is C33H61N7O8. The van der Waals surface area contributed by atoms with Gasteiger partial charge in [0.15, 0.2) is 0 Å². The van der Waals surface area contributed by atoms with Crippen LogP contribution in [0.5, 0.6) is 0 Å². The summed E-state index contributed by atoms with van der Waals surface area (Å²) in [5.41, 5.74) is -1.94. The standard InChI is InChI=1S/C33H61N7O8/c1-31(2,3)46-28(43)38-24-16-20-34-19-14-15-22-36-26(42)18-17-25(41)35-21-12-10-11-13-23-37-27(39-29(44)47-32(4,5)6)40-30(45)48-33(7,8)9/h17-18,34H,10-16,19-24H2,1-9H3,(H,35,41)(H,36,42)(H,38,43)(H2,37,39,40,44,45)/b18-17-. The fraction of sp³-hybridized carbons (Fsp3) is 0.758. The van der Waals surface area contributed by atoms with Crippen LogP contribution in [-0.2, 0) is 23.8 Å². The third-order valence-electron chi connectivity index (χ3n) is 5.56. The highest BCUT2D eigenvalue weighted by Crippen LogP contribution is 2.08. The molecule has 48 heavy (non-hydrogen) atoms. The van der Waals surface area contributed by atoms with Crippen molar-refractivity contribution in [3.8, 4) is 0 Å². The minimum atomic E-state index is -0.747. The van der Waals surface area contributed by atoms with Crippen LogP contribution in [0.3, 0.4) is 0 Å². The summed E-state index contributed by atoms with van der Waals surface area (Å²) in [6.07, 6.45) is 6.04. The van der Waals surface area contributed by atoms with E-state index < -0.39 is 35.1 Å². The molecule has 276 valence electrons. The van der Waals surface area contributed by atoms with Crippen molar-refractivity contribution >= 4 is 36.1 Å². The van der Waals surface area contributed by atoms with Crippen LogP contribution >= 0.6 is 0 Å². The van der Waals surface area contributed by atoms with Gasteiger partial charge in [-0.2, -0.15) is 0 Å². The molecule has 0 spiro atoms. The van der Waals surface area contributed by atoms with Gasteiger partial charge in [-0.1, -0.05) is 12.8 Å². The van der Waals surface area contributed by atoms with E-state index in [1.165, 1.54) is 12.2 Å². The molecular weight excluding hydrogens is 622 g/mol. The molecule has 0 aliphatic rings. The van der Waals surface area contributed by atoms with Gasteiger partial charge < -0.3 is 35.5 Å². The van der Waals surface area contributed by atoms with Gasteiger partial charge in [-0.3, -0.25) is 25.2 Å². The topological polar surface area (TPSA) is 198 Å². The highest BCUT2D eigenvalue weighted by atomic mass is 16.6. The second-order valence-corrected chi connectivity index (χ2v) is 14.1. The lowest BCUT2D eigenvalue weighted by molar-refractivity contribution is -0.118. The van der Waals surface area contributed by atoms with Crippen LogP contribution in [0.1, 0.15) is 107 Å². The first-order valence-electron chi connectivity index (χ1n) is 16.7. The number of alkyl carbamates (subject to hydrolysis) is 3. The highest BCUT2D eigenvalue weighted by Gasteiger charge is 2.21. The van der Waals surface area contributed by atoms with E-state index in [1.807, 2.05) is 20.8 Å². The Morgan fingerprint density at radius 2 is 0.896 bits per heavy atom. The Kier molecular flexibility index (Phi) is 21.6. The molecule has 5 amide bonds. The molecule has 0 heterocycles. The number of nitrogens with zero attached hydrogens (tertiary/aromatic N) is 1. The van der Waals surface area contributed by atoms with E-state index in [1.54, 1.807) is 41.5 Å². The van der Waals surface area contributed by atoms with Gasteiger partial charge in [0.25, 0.3) is 0 Å². The van der Waals surface area contributed by atoms with E-state index in [9.17, 15) is 24.0 Å². The van der Waals surface area contributed by atoms with Gasteiger partial charge in [-0.15, -0.1) is 0 Å². The summed E-state index contributed by atoms with van der Waals surface area (Å²) in [6.45, 7) is 19.2. The molecule has 0 aliphatic heterocycles. The molecule has 0 unspecified atom stereocenters. The van der Waals surface area contributed by atoms with Crippen LogP contribution in [-0.4, -0.2) is 92.1 Å². The molecule has 0 atom stereocenters. The number of rotatable bonds is 18. The fourth-order valence-corrected chi connectivity index (χ4v) is 3.60. The molecule has 0 aromatic heterocycles. The average molecular weight is 684 g/mol. The highest BCUT2D eigenvalue weighted by molar-refractivity contribution is 6.01. The van der Waals surface area contributed by atoms with Crippen molar-refractivity contribution in [2.24, 2.45) is 4.99 Å². The molecule has 0 saturated heterocycles. The fourth-order valence-electron chi connectivity index (χ4n) is 3.60. The lowest BCUT2D eigenvalue weighted by Gasteiger charge is -2.22. The summed E-state index contributed by atoms with van der Waals surface area (Å²) in [7, 11) is 0. The summed E-state index contributed by atoms with van der Waals surface area (Å²) in [5.74, 6) is -0.725. The van der Waals surface area contributed by atoms with Gasteiger partial charge in [0, 0.05) is 38.3 Å². The number of carbonyl (C=O) groups is 5. The molecule has 0 rings (SSSR count). The van der Waals surface area contributed by atoms with E-state index >= 15 is 0 Å². The van der Waals surface area contributed by atoms with Crippen LogP contribution in [0.4, 0.5) is 14.4 Å². The Morgan fingerprint density at radius 3 is 1.40 bits per heavy atom. The molecule has 0 aromatic carbocycles. The molecule has 0 fully saturated rings. The third-order valence-corrected chi connectivity index (χ3v) is 5.56. The van der Waals surface area contributed by atoms with Crippen molar-refractivity contribution in [1.29, 1.82) is 0 Å². The second-order valence-electron chi connectivity index (χ2n) is 14.1. The van der Waals surface area contributed by atoms with E-state index in [0.29, 0.717) is 32.6 Å². The van der Waals surface area contributed by atoms with Crippen molar-refractivity contribution in [2.75, 3.05) is 39.3 Å². The molecule has 0 bridgehead atoms. The number of ether oxygens (including phenoxy) is 3. The summed E-state index contributed by atoms with van der Waals surface area (Å²) in [6, 6.07) is 0. The van der Waals surface area contributed by atoms with Crippen LogP contribution in [0.15, 0.2) is 17.1 Å². The first-order valence-corrected chi connectivity index (χ1v) is 16.7. The molecule has 0 aromatic rings. The van der Waals surface area contributed by atoms with Crippen molar-refractivity contribution in [3.63, 3.8) is 0 Å². The summed E-state index contributed by atoms with van der Waals surface area (Å²) >= 11 is 0. The van der Waals surface area contributed by atoms with Crippen LogP contribution in [0.2, 0.25) is 0 Å². The minimum Gasteiger partial charge on any atom is -0.444 e. The predicted octanol–water partition coefficient (Wildman–Crippen LogP) is 4.03. The maximum atomic E-state index is 12.2. The molecule has 15 heteroatoms. The zero-order valence-corrected chi connectivity index (χ0v) is 30.6. The molecule has 6 N–H and O–H groups in total. The Hall–Kier alpha value is -3.88. The number of unbranched alkanes of at least 4 members (excludes halogenated alkanes) is 4. The number of carbonyl (C=O) groups excluding carboxylic acids is 5. The Bertz CT molecular complexity index is 1030. The maximum Gasteiger partial charge on any atom is 0.414 e. The predicted molar refractivity (Wildman–Crippen MR) is 186 cm³/mol. The molecule has 0 saturated carbocycles. The molecule has 0 aliphatic carbocycles. The molecule has 15 nitrogen and oxygen atoms in total. The van der Waals surface area contributed by atoms with Crippen LogP contribution in [0.25, 0.3) is 0 Å². The van der Waals surface area contributed by atoms with Crippen molar-refractivity contribution in [2.45, 2.75) is 124 Å². The monoisotopic (exact) mass is 683 g/mol. The number of hydrogen-bond donors (Lipinski definition) is 6. The summed E-state index contributed by atoms with van der Waals surface area (Å²) < 4.78 is 15.6. The van der Waals surface area contributed by atoms with Gasteiger partial charge >= 0.3 is 18.3 Å². The number of nitrogens with one attached hydrogen (secondary N) is 6. The zero-order chi connectivity index (χ0) is 36.6. The maximum absolute atomic E-state index is 12.2. The van der Waals surface area contributed by atoms with Crippen molar-refractivity contribution in [1.82, 2.24) is 31.9 Å². The average Bonchev–Trinajstić information content (AvgIpc) is 2.91. The zero-order valence-electron chi connectivity index (χ0n) is 30.6. The largest absolute Gasteiger partial charge is 0.444 e. The first-order chi connectivity index (χ1) is 22.3. The molecule has 0 radical (unpaired) electrons. The van der Waals surface area contributed by atoms with Gasteiger partial charge in [0.1, 0.15) is 16.8 Å². The van der Waals surface area contributed by atoms with Gasteiger partial charge in [-0.05, 0) is 108 Å². The van der Waals surface area contributed by atoms with Crippen molar-refractivity contribution < 1.29 is 38.2 Å². The smallest absolute Gasteiger partial charge is 0.414 e. The SMILES string of the molecule is CC(C)(C)OC(=O)NCCCNCCCCNC(=O)/C=C\C(=O)NCCCCCCN=C(NC(=O)OC(C)(C)C)NC(=O)OC(C)(C)C. The minimum absolute atomic E-state index is 0.0585. The van der Waals surface area contributed by atoms with E-state index in [0.717, 1.165) is 51.6 Å². The van der Waals surface area contributed by atoms with Gasteiger partial charge in [-0.25, -0.2) is 14.4 Å². The lowest BCUT2D eigenvalue weighted by Crippen LogP contribution is -2.47. The van der Waals surface area contributed by atoms with Crippen molar-refractivity contribution in [3.05, 3.63) is 12.2 Å². The summed E-state index contributed by atoms with van der Waals surface area (Å²) in [4.78, 5) is 64.1. The Balaban J connectivity index is 4.08. The third kappa shape index (κ3) is 30.8.